The number of carbonyl (C=O) groups is 2. The van der Waals surface area contributed by atoms with Gasteiger partial charge in [0.25, 0.3) is 0 Å². The van der Waals surface area contributed by atoms with E-state index in [0.717, 1.165) is 16.9 Å². The molecular weight excluding hydrogens is 380 g/mol. The molecule has 30 heavy (non-hydrogen) atoms. The second kappa shape index (κ2) is 9.26. The molecule has 0 saturated heterocycles. The molecule has 2 amide bonds. The fourth-order valence-corrected chi connectivity index (χ4v) is 3.43. The molecule has 2 aromatic carbocycles. The van der Waals surface area contributed by atoms with Gasteiger partial charge in [-0.2, -0.15) is 5.10 Å². The number of ether oxygens (including phenoxy) is 1. The van der Waals surface area contributed by atoms with Crippen molar-refractivity contribution in [3.63, 3.8) is 0 Å². The molecule has 1 N–H and O–H groups in total. The lowest BCUT2D eigenvalue weighted by Gasteiger charge is -2.29. The molecule has 154 valence electrons. The summed E-state index contributed by atoms with van der Waals surface area (Å²) < 4.78 is 7.39. The second-order valence-electron chi connectivity index (χ2n) is 7.09. The van der Waals surface area contributed by atoms with Crippen LogP contribution in [0.3, 0.4) is 0 Å². The Balaban J connectivity index is 1.22. The lowest BCUT2D eigenvalue weighted by molar-refractivity contribution is -0.125. The van der Waals surface area contributed by atoms with E-state index in [2.05, 4.69) is 10.4 Å². The minimum absolute atomic E-state index is 0.0648. The normalized spacial score (nSPS) is 12.7. The zero-order valence-corrected chi connectivity index (χ0v) is 16.7. The Morgan fingerprint density at radius 1 is 1.03 bits per heavy atom. The summed E-state index contributed by atoms with van der Waals surface area (Å²) in [6.07, 6.45) is 4.79. The van der Waals surface area contributed by atoms with Crippen molar-refractivity contribution in [2.45, 2.75) is 19.3 Å². The van der Waals surface area contributed by atoms with Crippen LogP contribution in [0.2, 0.25) is 0 Å². The molecule has 0 saturated carbocycles. The summed E-state index contributed by atoms with van der Waals surface area (Å²) in [7, 11) is 0. The van der Waals surface area contributed by atoms with Gasteiger partial charge >= 0.3 is 0 Å². The van der Waals surface area contributed by atoms with Gasteiger partial charge in [-0.25, -0.2) is 4.68 Å². The average molecular weight is 404 g/mol. The third-order valence-electron chi connectivity index (χ3n) is 4.99. The lowest BCUT2D eigenvalue weighted by Crippen LogP contribution is -2.38. The molecular formula is C23H24N4O3. The highest BCUT2D eigenvalue weighted by atomic mass is 16.5. The van der Waals surface area contributed by atoms with Gasteiger partial charge in [0.1, 0.15) is 12.4 Å². The van der Waals surface area contributed by atoms with E-state index in [1.54, 1.807) is 11.1 Å². The summed E-state index contributed by atoms with van der Waals surface area (Å²) >= 11 is 0. The second-order valence-corrected chi connectivity index (χ2v) is 7.09. The van der Waals surface area contributed by atoms with Crippen LogP contribution in [0.1, 0.15) is 18.4 Å². The Labute approximate surface area is 175 Å². The van der Waals surface area contributed by atoms with Gasteiger partial charge in [0.2, 0.25) is 11.8 Å². The number of rotatable bonds is 7. The molecule has 1 aliphatic heterocycles. The first-order chi connectivity index (χ1) is 14.7. The first kappa shape index (κ1) is 19.7. The molecule has 0 fully saturated rings. The van der Waals surface area contributed by atoms with E-state index >= 15 is 0 Å². The molecule has 7 nitrogen and oxygen atoms in total. The number of anilines is 1. The summed E-state index contributed by atoms with van der Waals surface area (Å²) in [5, 5.41) is 7.24. The SMILES string of the molecule is O=C(CCC(=O)N1CCOc2ccccc21)NCCc1cnn(-c2ccccc2)c1. The standard InChI is InChI=1S/C23H24N4O3/c28-22(10-11-23(29)26-14-15-30-21-9-5-4-8-20(21)26)24-13-12-18-16-25-27(17-18)19-6-2-1-3-7-19/h1-9,16-17H,10-15H2,(H,24,28). The van der Waals surface area contributed by atoms with Crippen LogP contribution in [0.15, 0.2) is 67.0 Å². The van der Waals surface area contributed by atoms with E-state index in [4.69, 9.17) is 4.74 Å². The van der Waals surface area contributed by atoms with Gasteiger partial charge < -0.3 is 15.0 Å². The van der Waals surface area contributed by atoms with Crippen molar-refractivity contribution in [1.29, 1.82) is 0 Å². The monoisotopic (exact) mass is 404 g/mol. The maximum atomic E-state index is 12.6. The number of para-hydroxylation sites is 3. The number of carbonyl (C=O) groups excluding carboxylic acids is 2. The summed E-state index contributed by atoms with van der Waals surface area (Å²) in [5.41, 5.74) is 2.81. The summed E-state index contributed by atoms with van der Waals surface area (Å²) in [6, 6.07) is 17.3. The van der Waals surface area contributed by atoms with Crippen LogP contribution >= 0.6 is 0 Å². The largest absolute Gasteiger partial charge is 0.490 e. The molecule has 0 aliphatic carbocycles. The van der Waals surface area contributed by atoms with Crippen molar-refractivity contribution < 1.29 is 14.3 Å². The number of hydrogen-bond acceptors (Lipinski definition) is 4. The molecule has 3 aromatic rings. The minimum atomic E-state index is -0.125. The van der Waals surface area contributed by atoms with E-state index < -0.39 is 0 Å². The average Bonchev–Trinajstić information content (AvgIpc) is 3.26. The number of nitrogens with zero attached hydrogens (tertiary/aromatic N) is 3. The van der Waals surface area contributed by atoms with Crippen LogP contribution in [-0.2, 0) is 16.0 Å². The number of hydrogen-bond donors (Lipinski definition) is 1. The van der Waals surface area contributed by atoms with Crippen LogP contribution in [0.25, 0.3) is 5.69 Å². The molecule has 0 bridgehead atoms. The van der Waals surface area contributed by atoms with Gasteiger partial charge in [0.05, 0.1) is 24.1 Å². The van der Waals surface area contributed by atoms with Crippen LogP contribution in [0.5, 0.6) is 5.75 Å². The Morgan fingerprint density at radius 2 is 1.83 bits per heavy atom. The molecule has 0 radical (unpaired) electrons. The quantitative estimate of drug-likeness (QED) is 0.657. The number of amides is 2. The topological polar surface area (TPSA) is 76.5 Å². The van der Waals surface area contributed by atoms with Gasteiger partial charge in [-0.05, 0) is 36.2 Å². The van der Waals surface area contributed by atoms with Crippen LogP contribution in [-0.4, -0.2) is 41.3 Å². The maximum absolute atomic E-state index is 12.6. The van der Waals surface area contributed by atoms with E-state index in [0.29, 0.717) is 31.9 Å². The van der Waals surface area contributed by atoms with Crippen molar-refractivity contribution in [3.8, 4) is 11.4 Å². The third-order valence-corrected chi connectivity index (χ3v) is 4.99. The maximum Gasteiger partial charge on any atom is 0.227 e. The van der Waals surface area contributed by atoms with Gasteiger partial charge in [-0.15, -0.1) is 0 Å². The number of nitrogens with one attached hydrogen (secondary N) is 1. The van der Waals surface area contributed by atoms with Crippen molar-refractivity contribution in [2.24, 2.45) is 0 Å². The van der Waals surface area contributed by atoms with Crippen molar-refractivity contribution in [1.82, 2.24) is 15.1 Å². The molecule has 7 heteroatoms. The molecule has 1 aromatic heterocycles. The molecule has 0 unspecified atom stereocenters. The molecule has 2 heterocycles. The van der Waals surface area contributed by atoms with Gasteiger partial charge in [0, 0.05) is 25.6 Å². The Morgan fingerprint density at radius 3 is 2.70 bits per heavy atom. The first-order valence-electron chi connectivity index (χ1n) is 10.1. The highest BCUT2D eigenvalue weighted by Crippen LogP contribution is 2.31. The van der Waals surface area contributed by atoms with Gasteiger partial charge in [-0.1, -0.05) is 30.3 Å². The van der Waals surface area contributed by atoms with E-state index in [-0.39, 0.29) is 24.7 Å². The zero-order chi connectivity index (χ0) is 20.8. The summed E-state index contributed by atoms with van der Waals surface area (Å²) in [5.74, 6) is 0.517. The Bertz CT molecular complexity index is 1020. The highest BCUT2D eigenvalue weighted by Gasteiger charge is 2.23. The predicted octanol–water partition coefficient (Wildman–Crippen LogP) is 2.74. The predicted molar refractivity (Wildman–Crippen MR) is 114 cm³/mol. The first-order valence-corrected chi connectivity index (χ1v) is 10.1. The lowest BCUT2D eigenvalue weighted by atomic mass is 10.2. The molecule has 0 spiro atoms. The van der Waals surface area contributed by atoms with Gasteiger partial charge in [0.15, 0.2) is 0 Å². The zero-order valence-electron chi connectivity index (χ0n) is 16.7. The summed E-state index contributed by atoms with van der Waals surface area (Å²) in [4.78, 5) is 26.4. The van der Waals surface area contributed by atoms with Gasteiger partial charge in [-0.3, -0.25) is 9.59 Å². The fourth-order valence-electron chi connectivity index (χ4n) is 3.43. The Kier molecular flexibility index (Phi) is 6.08. The number of aromatic nitrogens is 2. The van der Waals surface area contributed by atoms with E-state index in [9.17, 15) is 9.59 Å². The smallest absolute Gasteiger partial charge is 0.227 e. The number of fused-ring (bicyclic) bond motifs is 1. The highest BCUT2D eigenvalue weighted by molar-refractivity contribution is 5.97. The Hall–Kier alpha value is -3.61. The van der Waals surface area contributed by atoms with Crippen molar-refractivity contribution >= 4 is 17.5 Å². The molecule has 1 aliphatic rings. The van der Waals surface area contributed by atoms with Crippen molar-refractivity contribution in [3.05, 3.63) is 72.6 Å². The molecule has 0 atom stereocenters. The molecule has 4 rings (SSSR count). The minimum Gasteiger partial charge on any atom is -0.490 e. The van der Waals surface area contributed by atoms with Crippen molar-refractivity contribution in [2.75, 3.05) is 24.6 Å². The van der Waals surface area contributed by atoms with Crippen LogP contribution < -0.4 is 15.0 Å². The van der Waals surface area contributed by atoms with E-state index in [1.807, 2.05) is 65.5 Å². The van der Waals surface area contributed by atoms with Crippen LogP contribution in [0, 0.1) is 0 Å². The number of benzene rings is 2. The fraction of sp³-hybridized carbons (Fsp3) is 0.261. The van der Waals surface area contributed by atoms with Crippen LogP contribution in [0.4, 0.5) is 5.69 Å². The third kappa shape index (κ3) is 4.68. The van der Waals surface area contributed by atoms with E-state index in [1.165, 1.54) is 0 Å². The summed E-state index contributed by atoms with van der Waals surface area (Å²) in [6.45, 7) is 1.47.